The van der Waals surface area contributed by atoms with E-state index in [2.05, 4.69) is 39.9 Å². The molecule has 0 aliphatic carbocycles. The first-order chi connectivity index (χ1) is 12.8. The summed E-state index contributed by atoms with van der Waals surface area (Å²) in [7, 11) is 1.79. The summed E-state index contributed by atoms with van der Waals surface area (Å²) < 4.78 is 6.07. The highest BCUT2D eigenvalue weighted by Gasteiger charge is 2.27. The minimum Gasteiger partial charge on any atom is -0.373 e. The average Bonchev–Trinajstić information content (AvgIpc) is 2.70. The van der Waals surface area contributed by atoms with Crippen LogP contribution in [0.1, 0.15) is 30.1 Å². The van der Waals surface area contributed by atoms with Crippen molar-refractivity contribution < 1.29 is 4.74 Å². The molecule has 138 valence electrons. The molecule has 0 amide bonds. The Labute approximate surface area is 160 Å². The van der Waals surface area contributed by atoms with Crippen molar-refractivity contribution in [1.82, 2.24) is 10.6 Å². The van der Waals surface area contributed by atoms with E-state index in [1.165, 1.54) is 5.56 Å². The maximum atomic E-state index is 6.22. The Kier molecular flexibility index (Phi) is 6.92. The van der Waals surface area contributed by atoms with Gasteiger partial charge in [-0.3, -0.25) is 4.99 Å². The SMILES string of the molecule is CN=C(NCc1ccccc1Cl)NCC1CCCOC1c1ccccc1. The normalized spacial score (nSPS) is 20.6. The number of nitrogens with zero attached hydrogens (tertiary/aromatic N) is 1. The summed E-state index contributed by atoms with van der Waals surface area (Å²) in [6.45, 7) is 2.29. The van der Waals surface area contributed by atoms with Crippen LogP contribution in [-0.4, -0.2) is 26.2 Å². The lowest BCUT2D eigenvalue weighted by atomic mass is 9.89. The maximum absolute atomic E-state index is 6.22. The monoisotopic (exact) mass is 371 g/mol. The Morgan fingerprint density at radius 2 is 1.88 bits per heavy atom. The van der Waals surface area contributed by atoms with Gasteiger partial charge in [0.05, 0.1) is 6.10 Å². The number of aliphatic imine (C=N–C) groups is 1. The van der Waals surface area contributed by atoms with E-state index in [0.717, 1.165) is 42.5 Å². The number of guanidine groups is 1. The van der Waals surface area contributed by atoms with E-state index >= 15 is 0 Å². The molecule has 0 bridgehead atoms. The number of hydrogen-bond donors (Lipinski definition) is 2. The zero-order valence-corrected chi connectivity index (χ0v) is 15.9. The quantitative estimate of drug-likeness (QED) is 0.612. The highest BCUT2D eigenvalue weighted by atomic mass is 35.5. The van der Waals surface area contributed by atoms with Crippen molar-refractivity contribution in [3.05, 3.63) is 70.7 Å². The minimum atomic E-state index is 0.138. The third-order valence-electron chi connectivity index (χ3n) is 4.73. The van der Waals surface area contributed by atoms with Crippen LogP contribution in [0.3, 0.4) is 0 Å². The van der Waals surface area contributed by atoms with E-state index in [-0.39, 0.29) is 6.10 Å². The summed E-state index contributed by atoms with van der Waals surface area (Å²) in [5, 5.41) is 7.54. The van der Waals surface area contributed by atoms with Crippen LogP contribution in [0.2, 0.25) is 5.02 Å². The van der Waals surface area contributed by atoms with Crippen LogP contribution >= 0.6 is 11.6 Å². The highest BCUT2D eigenvalue weighted by molar-refractivity contribution is 6.31. The number of benzene rings is 2. The largest absolute Gasteiger partial charge is 0.373 e. The van der Waals surface area contributed by atoms with Gasteiger partial charge in [0, 0.05) is 37.7 Å². The minimum absolute atomic E-state index is 0.138. The molecule has 4 nitrogen and oxygen atoms in total. The molecule has 5 heteroatoms. The molecule has 0 saturated carbocycles. The van der Waals surface area contributed by atoms with Gasteiger partial charge in [0.1, 0.15) is 0 Å². The van der Waals surface area contributed by atoms with Crippen molar-refractivity contribution in [2.24, 2.45) is 10.9 Å². The molecule has 2 unspecified atom stereocenters. The molecule has 0 aromatic heterocycles. The van der Waals surface area contributed by atoms with Crippen molar-refractivity contribution in [2.75, 3.05) is 20.2 Å². The number of nitrogens with one attached hydrogen (secondary N) is 2. The van der Waals surface area contributed by atoms with Crippen molar-refractivity contribution in [3.63, 3.8) is 0 Å². The first-order valence-corrected chi connectivity index (χ1v) is 9.50. The number of halogens is 1. The lowest BCUT2D eigenvalue weighted by molar-refractivity contribution is -0.0265. The van der Waals surface area contributed by atoms with Crippen molar-refractivity contribution in [2.45, 2.75) is 25.5 Å². The topological polar surface area (TPSA) is 45.7 Å². The summed E-state index contributed by atoms with van der Waals surface area (Å²) in [5.41, 5.74) is 2.30. The Morgan fingerprint density at radius 3 is 2.65 bits per heavy atom. The van der Waals surface area contributed by atoms with E-state index in [1.807, 2.05) is 30.3 Å². The van der Waals surface area contributed by atoms with Crippen LogP contribution in [0.25, 0.3) is 0 Å². The van der Waals surface area contributed by atoms with Gasteiger partial charge < -0.3 is 15.4 Å². The fraction of sp³-hybridized carbons (Fsp3) is 0.381. The lowest BCUT2D eigenvalue weighted by Crippen LogP contribution is -2.41. The van der Waals surface area contributed by atoms with Crippen molar-refractivity contribution in [3.8, 4) is 0 Å². The fourth-order valence-corrected chi connectivity index (χ4v) is 3.54. The standard InChI is InChI=1S/C21H26ClN3O/c1-23-21(24-14-17-10-5-6-12-19(17)22)25-15-18-11-7-13-26-20(18)16-8-3-2-4-9-16/h2-6,8-10,12,18,20H,7,11,13-15H2,1H3,(H2,23,24,25). The Morgan fingerprint density at radius 1 is 1.12 bits per heavy atom. The van der Waals surface area contributed by atoms with E-state index in [1.54, 1.807) is 7.05 Å². The Hall–Kier alpha value is -2.04. The summed E-state index contributed by atoms with van der Waals surface area (Å²) >= 11 is 6.22. The molecular formula is C21H26ClN3O. The molecule has 0 spiro atoms. The van der Waals surface area contributed by atoms with Crippen LogP contribution in [0.4, 0.5) is 0 Å². The number of rotatable bonds is 5. The molecule has 2 N–H and O–H groups in total. The van der Waals surface area contributed by atoms with Gasteiger partial charge >= 0.3 is 0 Å². The summed E-state index contributed by atoms with van der Waals surface area (Å²) in [6.07, 6.45) is 2.38. The predicted molar refractivity (Wildman–Crippen MR) is 108 cm³/mol. The van der Waals surface area contributed by atoms with E-state index < -0.39 is 0 Å². The van der Waals surface area contributed by atoms with Gasteiger partial charge in [0.25, 0.3) is 0 Å². The summed E-state index contributed by atoms with van der Waals surface area (Å²) in [5.74, 6) is 1.20. The average molecular weight is 372 g/mol. The molecule has 1 saturated heterocycles. The van der Waals surface area contributed by atoms with E-state index in [4.69, 9.17) is 16.3 Å². The van der Waals surface area contributed by atoms with Gasteiger partial charge in [-0.1, -0.05) is 60.1 Å². The van der Waals surface area contributed by atoms with E-state index in [0.29, 0.717) is 12.5 Å². The van der Waals surface area contributed by atoms with Crippen LogP contribution < -0.4 is 10.6 Å². The second kappa shape index (κ2) is 9.60. The predicted octanol–water partition coefficient (Wildman–Crippen LogP) is 4.17. The third kappa shape index (κ3) is 4.99. The molecule has 0 radical (unpaired) electrons. The van der Waals surface area contributed by atoms with Gasteiger partial charge in [0.2, 0.25) is 0 Å². The molecule has 2 atom stereocenters. The number of ether oxygens (including phenoxy) is 1. The lowest BCUT2D eigenvalue weighted by Gasteiger charge is -2.32. The molecule has 1 heterocycles. The second-order valence-corrected chi connectivity index (χ2v) is 6.91. The first kappa shape index (κ1) is 18.7. The fourth-order valence-electron chi connectivity index (χ4n) is 3.33. The maximum Gasteiger partial charge on any atom is 0.191 e. The molecule has 3 rings (SSSR count). The van der Waals surface area contributed by atoms with Crippen LogP contribution in [0.5, 0.6) is 0 Å². The molecule has 26 heavy (non-hydrogen) atoms. The molecule has 1 aliphatic heterocycles. The van der Waals surface area contributed by atoms with Crippen LogP contribution in [0, 0.1) is 5.92 Å². The molecule has 2 aromatic rings. The highest BCUT2D eigenvalue weighted by Crippen LogP contribution is 2.33. The molecule has 1 fully saturated rings. The third-order valence-corrected chi connectivity index (χ3v) is 5.10. The van der Waals surface area contributed by atoms with Crippen molar-refractivity contribution in [1.29, 1.82) is 0 Å². The van der Waals surface area contributed by atoms with Gasteiger partial charge in [-0.2, -0.15) is 0 Å². The van der Waals surface area contributed by atoms with Crippen LogP contribution in [0.15, 0.2) is 59.6 Å². The zero-order chi connectivity index (χ0) is 18.2. The molecule has 1 aliphatic rings. The Bertz CT molecular complexity index is 720. The van der Waals surface area contributed by atoms with Crippen LogP contribution in [-0.2, 0) is 11.3 Å². The number of hydrogen-bond acceptors (Lipinski definition) is 2. The van der Waals surface area contributed by atoms with E-state index in [9.17, 15) is 0 Å². The smallest absolute Gasteiger partial charge is 0.191 e. The zero-order valence-electron chi connectivity index (χ0n) is 15.1. The van der Waals surface area contributed by atoms with Gasteiger partial charge in [0.15, 0.2) is 5.96 Å². The molecular weight excluding hydrogens is 346 g/mol. The van der Waals surface area contributed by atoms with Gasteiger partial charge in [-0.15, -0.1) is 0 Å². The molecule has 2 aromatic carbocycles. The van der Waals surface area contributed by atoms with Crippen molar-refractivity contribution >= 4 is 17.6 Å². The first-order valence-electron chi connectivity index (χ1n) is 9.12. The summed E-state index contributed by atoms with van der Waals surface area (Å²) in [6, 6.07) is 18.3. The summed E-state index contributed by atoms with van der Waals surface area (Å²) in [4.78, 5) is 4.33. The van der Waals surface area contributed by atoms with Gasteiger partial charge in [-0.25, -0.2) is 0 Å². The Balaban J connectivity index is 1.56. The second-order valence-electron chi connectivity index (χ2n) is 6.50. The van der Waals surface area contributed by atoms with Gasteiger partial charge in [-0.05, 0) is 30.0 Å².